The average molecular weight is 604 g/mol. The molecule has 3 aromatic rings. The Bertz CT molecular complexity index is 1660. The van der Waals surface area contributed by atoms with Crippen molar-refractivity contribution in [3.8, 4) is 16.9 Å². The van der Waals surface area contributed by atoms with Crippen LogP contribution in [0.2, 0.25) is 0 Å². The lowest BCUT2D eigenvalue weighted by molar-refractivity contribution is -0.137. The second-order valence-electron chi connectivity index (χ2n) is 11.3. The molecule has 4 amide bonds. The van der Waals surface area contributed by atoms with Crippen LogP contribution in [0, 0.1) is 5.82 Å². The van der Waals surface area contributed by atoms with Gasteiger partial charge in [0.1, 0.15) is 11.8 Å². The highest BCUT2D eigenvalue weighted by Gasteiger charge is 2.43. The third kappa shape index (κ3) is 5.59. The number of rotatable bonds is 7. The van der Waals surface area contributed by atoms with Gasteiger partial charge in [-0.1, -0.05) is 24.3 Å². The number of halogens is 2. The number of ether oxygens (including phenoxy) is 1. The molecular weight excluding hydrogens is 572 g/mol. The van der Waals surface area contributed by atoms with Crippen LogP contribution in [0.5, 0.6) is 5.75 Å². The lowest BCUT2D eigenvalue weighted by Crippen LogP contribution is -2.52. The molecule has 12 heteroatoms. The molecule has 1 aromatic heterocycles. The van der Waals surface area contributed by atoms with Gasteiger partial charge in [-0.25, -0.2) is 13.8 Å². The van der Waals surface area contributed by atoms with Crippen molar-refractivity contribution in [2.45, 2.75) is 50.5 Å². The summed E-state index contributed by atoms with van der Waals surface area (Å²) < 4.78 is 36.0. The molecule has 228 valence electrons. The molecule has 0 aliphatic carbocycles. The van der Waals surface area contributed by atoms with E-state index in [4.69, 9.17) is 4.74 Å². The largest absolute Gasteiger partial charge is 0.497 e. The number of hydrogen-bond acceptors (Lipinski definition) is 7. The molecule has 2 saturated heterocycles. The molecule has 0 saturated carbocycles. The first-order chi connectivity index (χ1) is 21.1. The van der Waals surface area contributed by atoms with Crippen molar-refractivity contribution >= 4 is 29.4 Å². The molecular formula is C32H31F2N5O5. The van der Waals surface area contributed by atoms with Crippen LogP contribution in [0.1, 0.15) is 47.2 Å². The van der Waals surface area contributed by atoms with Gasteiger partial charge < -0.3 is 19.9 Å². The Morgan fingerprint density at radius 2 is 1.91 bits per heavy atom. The third-order valence-electron chi connectivity index (χ3n) is 8.53. The van der Waals surface area contributed by atoms with Crippen molar-refractivity contribution in [2.24, 2.45) is 0 Å². The van der Waals surface area contributed by atoms with E-state index in [1.165, 1.54) is 11.0 Å². The minimum absolute atomic E-state index is 0.0516. The molecule has 2 N–H and O–H groups in total. The summed E-state index contributed by atoms with van der Waals surface area (Å²) in [5.74, 6) is -1.67. The zero-order chi connectivity index (χ0) is 31.0. The Hall–Kier alpha value is -4.87. The highest BCUT2D eigenvalue weighted by Crippen LogP contribution is 2.33. The van der Waals surface area contributed by atoms with Crippen molar-refractivity contribution in [1.29, 1.82) is 0 Å². The molecule has 0 radical (unpaired) electrons. The number of alkyl halides is 1. The Balaban J connectivity index is 1.04. The number of aromatic nitrogens is 1. The zero-order valence-corrected chi connectivity index (χ0v) is 24.1. The standard InChI is InChI=1S/C32H31F2N5O5/c1-44-23-4-2-3-20(14-23)21-15-25(33)28(35-17-21)38-11-9-32(34,10-12-38)31(43)36-16-19-5-6-24-22(13-19)18-39(30(24)42)26-7-8-27(40)37-29(26)41/h2-6,13-15,17,26H,7-12,16,18H2,1H3,(H,36,43)(H,37,40,41). The van der Waals surface area contributed by atoms with Crippen LogP contribution in [-0.4, -0.2) is 65.4 Å². The van der Waals surface area contributed by atoms with Crippen LogP contribution in [0.4, 0.5) is 14.6 Å². The number of piperidine rings is 2. The van der Waals surface area contributed by atoms with Gasteiger partial charge in [0.25, 0.3) is 11.8 Å². The predicted molar refractivity (Wildman–Crippen MR) is 156 cm³/mol. The maximum atomic E-state index is 15.7. The van der Waals surface area contributed by atoms with E-state index in [1.807, 2.05) is 6.07 Å². The van der Waals surface area contributed by atoms with E-state index in [-0.39, 0.29) is 69.5 Å². The predicted octanol–water partition coefficient (Wildman–Crippen LogP) is 3.28. The Labute approximate surface area is 252 Å². The molecule has 10 nitrogen and oxygen atoms in total. The highest BCUT2D eigenvalue weighted by molar-refractivity contribution is 6.05. The van der Waals surface area contributed by atoms with E-state index < -0.39 is 29.3 Å². The molecule has 1 unspecified atom stereocenters. The molecule has 1 atom stereocenters. The molecule has 0 bridgehead atoms. The summed E-state index contributed by atoms with van der Waals surface area (Å²) in [6.07, 6.45) is 1.74. The van der Waals surface area contributed by atoms with Crippen LogP contribution >= 0.6 is 0 Å². The number of hydrogen-bond donors (Lipinski definition) is 2. The fourth-order valence-corrected chi connectivity index (χ4v) is 6.00. The number of anilines is 1. The van der Waals surface area contributed by atoms with E-state index >= 15 is 8.78 Å². The minimum atomic E-state index is -2.12. The van der Waals surface area contributed by atoms with Crippen molar-refractivity contribution in [2.75, 3.05) is 25.1 Å². The second-order valence-corrected chi connectivity index (χ2v) is 11.3. The summed E-state index contributed by atoms with van der Waals surface area (Å²) in [7, 11) is 1.55. The van der Waals surface area contributed by atoms with Gasteiger partial charge >= 0.3 is 0 Å². The first-order valence-electron chi connectivity index (χ1n) is 14.4. The molecule has 0 spiro atoms. The second kappa shape index (κ2) is 11.7. The molecule has 44 heavy (non-hydrogen) atoms. The van der Waals surface area contributed by atoms with E-state index in [9.17, 15) is 19.2 Å². The van der Waals surface area contributed by atoms with Gasteiger partial charge in [0.05, 0.1) is 7.11 Å². The van der Waals surface area contributed by atoms with E-state index in [0.717, 1.165) is 5.56 Å². The van der Waals surface area contributed by atoms with Crippen LogP contribution in [0.3, 0.4) is 0 Å². The summed E-state index contributed by atoms with van der Waals surface area (Å²) in [6.45, 7) is 0.485. The smallest absolute Gasteiger partial charge is 0.258 e. The number of pyridine rings is 1. The van der Waals surface area contributed by atoms with Gasteiger partial charge in [-0.15, -0.1) is 0 Å². The molecule has 6 rings (SSSR count). The van der Waals surface area contributed by atoms with Crippen molar-refractivity contribution in [1.82, 2.24) is 20.5 Å². The molecule has 2 fully saturated rings. The van der Waals surface area contributed by atoms with E-state index in [1.54, 1.807) is 54.6 Å². The van der Waals surface area contributed by atoms with Crippen molar-refractivity contribution < 1.29 is 32.7 Å². The first-order valence-corrected chi connectivity index (χ1v) is 14.4. The lowest BCUT2D eigenvalue weighted by Gasteiger charge is -2.36. The summed E-state index contributed by atoms with van der Waals surface area (Å²) in [6, 6.07) is 13.0. The number of carbonyl (C=O) groups is 4. The van der Waals surface area contributed by atoms with Gasteiger partial charge in [-0.2, -0.15) is 0 Å². The topological polar surface area (TPSA) is 121 Å². The number of fused-ring (bicyclic) bond motifs is 1. The quantitative estimate of drug-likeness (QED) is 0.398. The normalized spacial score (nSPS) is 19.4. The fraction of sp³-hybridized carbons (Fsp3) is 0.344. The number of imide groups is 1. The van der Waals surface area contributed by atoms with Crippen LogP contribution < -0.4 is 20.3 Å². The summed E-state index contributed by atoms with van der Waals surface area (Å²) in [5.41, 5.74) is 1.04. The first kappa shape index (κ1) is 29.2. The zero-order valence-electron chi connectivity index (χ0n) is 24.1. The third-order valence-corrected chi connectivity index (χ3v) is 8.53. The van der Waals surface area contributed by atoms with Gasteiger partial charge in [0, 0.05) is 62.8 Å². The van der Waals surface area contributed by atoms with E-state index in [2.05, 4.69) is 15.6 Å². The van der Waals surface area contributed by atoms with Gasteiger partial charge in [0.2, 0.25) is 11.8 Å². The Morgan fingerprint density at radius 1 is 1.11 bits per heavy atom. The van der Waals surface area contributed by atoms with Gasteiger partial charge in [0.15, 0.2) is 17.3 Å². The number of methoxy groups -OCH3 is 1. The summed E-state index contributed by atoms with van der Waals surface area (Å²) in [4.78, 5) is 57.0. The van der Waals surface area contributed by atoms with Crippen molar-refractivity contribution in [3.63, 3.8) is 0 Å². The monoisotopic (exact) mass is 603 g/mol. The average Bonchev–Trinajstić information content (AvgIpc) is 3.35. The molecule has 4 heterocycles. The van der Waals surface area contributed by atoms with Crippen molar-refractivity contribution in [3.05, 3.63) is 77.2 Å². The Morgan fingerprint density at radius 3 is 2.64 bits per heavy atom. The van der Waals surface area contributed by atoms with E-state index in [0.29, 0.717) is 28.0 Å². The fourth-order valence-electron chi connectivity index (χ4n) is 6.00. The highest BCUT2D eigenvalue weighted by atomic mass is 19.1. The maximum Gasteiger partial charge on any atom is 0.258 e. The number of amides is 4. The van der Waals surface area contributed by atoms with Gasteiger partial charge in [-0.3, -0.25) is 24.5 Å². The summed E-state index contributed by atoms with van der Waals surface area (Å²) >= 11 is 0. The number of carbonyl (C=O) groups excluding carboxylic acids is 4. The van der Waals surface area contributed by atoms with Gasteiger partial charge in [-0.05, 0) is 47.4 Å². The molecule has 3 aliphatic rings. The number of benzene rings is 2. The lowest BCUT2D eigenvalue weighted by atomic mass is 9.92. The van der Waals surface area contributed by atoms with Crippen LogP contribution in [-0.2, 0) is 27.5 Å². The minimum Gasteiger partial charge on any atom is -0.497 e. The molecule has 3 aliphatic heterocycles. The summed E-state index contributed by atoms with van der Waals surface area (Å²) in [5, 5.41) is 4.94. The maximum absolute atomic E-state index is 15.7. The number of nitrogens with zero attached hydrogens (tertiary/aromatic N) is 3. The number of nitrogens with one attached hydrogen (secondary N) is 2. The molecule has 2 aromatic carbocycles. The van der Waals surface area contributed by atoms with Crippen LogP contribution in [0.25, 0.3) is 11.1 Å². The SMILES string of the molecule is COc1cccc(-c2cnc(N3CCC(F)(C(=O)NCc4ccc5c(c4)CN(C4CCC(=O)NC4=O)C5=O)CC3)c(F)c2)c1. The Kier molecular flexibility index (Phi) is 7.74. The van der Waals surface area contributed by atoms with Crippen LogP contribution in [0.15, 0.2) is 54.7 Å².